The van der Waals surface area contributed by atoms with Gasteiger partial charge in [-0.15, -0.1) is 0 Å². The molecule has 0 aliphatic rings. The van der Waals surface area contributed by atoms with Crippen LogP contribution in [0.25, 0.3) is 0 Å². The Balaban J connectivity index is 2.60. The lowest BCUT2D eigenvalue weighted by Crippen LogP contribution is -2.30. The maximum absolute atomic E-state index is 12.1. The van der Waals surface area contributed by atoms with E-state index in [-0.39, 0.29) is 12.5 Å². The largest absolute Gasteiger partial charge is 0.323 e. The summed E-state index contributed by atoms with van der Waals surface area (Å²) in [4.78, 5) is 0. The molecular formula is C9H15F2N3. The third kappa shape index (κ3) is 2.77. The molecule has 1 atom stereocenters. The summed E-state index contributed by atoms with van der Waals surface area (Å²) in [7, 11) is 0. The topological polar surface area (TPSA) is 43.8 Å². The van der Waals surface area contributed by atoms with Crippen molar-refractivity contribution < 1.29 is 8.78 Å². The molecule has 14 heavy (non-hydrogen) atoms. The van der Waals surface area contributed by atoms with Crippen molar-refractivity contribution in [2.45, 2.75) is 38.8 Å². The Bertz CT molecular complexity index is 283. The fraction of sp³-hybridized carbons (Fsp3) is 0.667. The summed E-state index contributed by atoms with van der Waals surface area (Å²) >= 11 is 0. The minimum atomic E-state index is -2.47. The molecule has 3 nitrogen and oxygen atoms in total. The van der Waals surface area contributed by atoms with E-state index in [0.29, 0.717) is 0 Å². The molecule has 0 saturated heterocycles. The maximum Gasteiger partial charge on any atom is 0.253 e. The average Bonchev–Trinajstić information content (AvgIpc) is 2.52. The van der Waals surface area contributed by atoms with Gasteiger partial charge in [0.2, 0.25) is 0 Å². The molecule has 80 valence electrons. The van der Waals surface area contributed by atoms with Crippen LogP contribution in [0.5, 0.6) is 0 Å². The second kappa shape index (κ2) is 4.50. The van der Waals surface area contributed by atoms with Gasteiger partial charge in [-0.05, 0) is 25.8 Å². The molecule has 0 aliphatic carbocycles. The zero-order valence-corrected chi connectivity index (χ0v) is 8.32. The van der Waals surface area contributed by atoms with Crippen LogP contribution in [-0.2, 0) is 6.42 Å². The van der Waals surface area contributed by atoms with Gasteiger partial charge < -0.3 is 5.73 Å². The fourth-order valence-electron chi connectivity index (χ4n) is 1.13. The Morgan fingerprint density at radius 2 is 2.14 bits per heavy atom. The molecular weight excluding hydrogens is 188 g/mol. The SMILES string of the molecule is CC(C)n1cc(CC(N)C(F)F)cn1. The van der Waals surface area contributed by atoms with Crippen molar-refractivity contribution in [3.05, 3.63) is 18.0 Å². The Kier molecular flexibility index (Phi) is 3.57. The van der Waals surface area contributed by atoms with Gasteiger partial charge >= 0.3 is 0 Å². The van der Waals surface area contributed by atoms with Crippen molar-refractivity contribution >= 4 is 0 Å². The first-order valence-electron chi connectivity index (χ1n) is 4.57. The van der Waals surface area contributed by atoms with Crippen molar-refractivity contribution in [3.8, 4) is 0 Å². The summed E-state index contributed by atoms with van der Waals surface area (Å²) in [6, 6.07) is -0.855. The van der Waals surface area contributed by atoms with Gasteiger partial charge in [0.05, 0.1) is 12.2 Å². The van der Waals surface area contributed by atoms with Gasteiger partial charge in [0.25, 0.3) is 6.43 Å². The Morgan fingerprint density at radius 1 is 1.50 bits per heavy atom. The van der Waals surface area contributed by atoms with Gasteiger partial charge in [-0.1, -0.05) is 0 Å². The van der Waals surface area contributed by atoms with Crippen molar-refractivity contribution in [1.82, 2.24) is 9.78 Å². The third-order valence-electron chi connectivity index (χ3n) is 1.98. The second-order valence-electron chi connectivity index (χ2n) is 3.62. The molecule has 0 amide bonds. The molecule has 5 heteroatoms. The first kappa shape index (κ1) is 11.1. The summed E-state index contributed by atoms with van der Waals surface area (Å²) in [6.07, 6.45) is 1.04. The van der Waals surface area contributed by atoms with Gasteiger partial charge in [-0.2, -0.15) is 5.10 Å². The lowest BCUT2D eigenvalue weighted by molar-refractivity contribution is 0.116. The van der Waals surface area contributed by atoms with Crippen LogP contribution in [0.4, 0.5) is 8.78 Å². The minimum absolute atomic E-state index is 0.171. The number of halogens is 2. The van der Waals surface area contributed by atoms with Crippen LogP contribution in [0.1, 0.15) is 25.5 Å². The van der Waals surface area contributed by atoms with Crippen molar-refractivity contribution in [2.24, 2.45) is 5.73 Å². The van der Waals surface area contributed by atoms with E-state index >= 15 is 0 Å². The van der Waals surface area contributed by atoms with Crippen molar-refractivity contribution in [3.63, 3.8) is 0 Å². The van der Waals surface area contributed by atoms with E-state index in [2.05, 4.69) is 5.10 Å². The number of hydrogen-bond acceptors (Lipinski definition) is 2. The van der Waals surface area contributed by atoms with Crippen LogP contribution in [-0.4, -0.2) is 22.2 Å². The number of rotatable bonds is 4. The molecule has 1 unspecified atom stereocenters. The number of hydrogen-bond donors (Lipinski definition) is 1. The average molecular weight is 203 g/mol. The van der Waals surface area contributed by atoms with Crippen LogP contribution in [0, 0.1) is 0 Å². The third-order valence-corrected chi connectivity index (χ3v) is 1.98. The van der Waals surface area contributed by atoms with E-state index in [1.54, 1.807) is 17.1 Å². The number of nitrogens with zero attached hydrogens (tertiary/aromatic N) is 2. The Hall–Kier alpha value is -0.970. The molecule has 0 fully saturated rings. The van der Waals surface area contributed by atoms with Crippen LogP contribution in [0.15, 0.2) is 12.4 Å². The predicted molar refractivity (Wildman–Crippen MR) is 50.3 cm³/mol. The highest BCUT2D eigenvalue weighted by atomic mass is 19.3. The van der Waals surface area contributed by atoms with Crippen molar-refractivity contribution in [2.75, 3.05) is 0 Å². The van der Waals surface area contributed by atoms with Gasteiger partial charge in [0, 0.05) is 12.2 Å². The normalized spacial score (nSPS) is 13.9. The van der Waals surface area contributed by atoms with Crippen LogP contribution in [0.3, 0.4) is 0 Å². The number of aromatic nitrogens is 2. The molecule has 1 aromatic rings. The van der Waals surface area contributed by atoms with Crippen LogP contribution >= 0.6 is 0 Å². The summed E-state index contributed by atoms with van der Waals surface area (Å²) in [6.45, 7) is 3.95. The Morgan fingerprint density at radius 3 is 2.57 bits per heavy atom. The summed E-state index contributed by atoms with van der Waals surface area (Å²) in [5, 5.41) is 4.04. The van der Waals surface area contributed by atoms with Gasteiger partial charge in [-0.3, -0.25) is 4.68 Å². The van der Waals surface area contributed by atoms with E-state index in [1.807, 2.05) is 13.8 Å². The highest BCUT2D eigenvalue weighted by Crippen LogP contribution is 2.09. The lowest BCUT2D eigenvalue weighted by atomic mass is 10.1. The quantitative estimate of drug-likeness (QED) is 0.807. The molecule has 1 rings (SSSR count). The monoisotopic (exact) mass is 203 g/mol. The molecule has 1 aromatic heterocycles. The smallest absolute Gasteiger partial charge is 0.253 e. The predicted octanol–water partition coefficient (Wildman–Crippen LogP) is 1.60. The van der Waals surface area contributed by atoms with Crippen molar-refractivity contribution in [1.29, 1.82) is 0 Å². The standard InChI is InChI=1S/C9H15F2N3/c1-6(2)14-5-7(4-13-14)3-8(12)9(10)11/h4-6,8-9H,3,12H2,1-2H3. The van der Waals surface area contributed by atoms with E-state index in [1.165, 1.54) is 0 Å². The zero-order valence-electron chi connectivity index (χ0n) is 8.32. The fourth-order valence-corrected chi connectivity index (χ4v) is 1.13. The number of alkyl halides is 2. The minimum Gasteiger partial charge on any atom is -0.323 e. The molecule has 0 bridgehead atoms. The molecule has 0 aliphatic heterocycles. The van der Waals surface area contributed by atoms with Gasteiger partial charge in [0.1, 0.15) is 0 Å². The lowest BCUT2D eigenvalue weighted by Gasteiger charge is -2.08. The number of nitrogens with two attached hydrogens (primary N) is 1. The van der Waals surface area contributed by atoms with Gasteiger partial charge in [0.15, 0.2) is 0 Å². The summed E-state index contributed by atoms with van der Waals surface area (Å²) in [5.41, 5.74) is 6.00. The second-order valence-corrected chi connectivity index (χ2v) is 3.62. The van der Waals surface area contributed by atoms with E-state index < -0.39 is 12.5 Å². The Labute approximate surface area is 81.9 Å². The van der Waals surface area contributed by atoms with E-state index in [0.717, 1.165) is 5.56 Å². The molecule has 0 saturated carbocycles. The molecule has 0 spiro atoms. The molecule has 1 heterocycles. The van der Waals surface area contributed by atoms with Crippen LogP contribution < -0.4 is 5.73 Å². The first-order valence-corrected chi connectivity index (χ1v) is 4.57. The molecule has 2 N–H and O–H groups in total. The van der Waals surface area contributed by atoms with E-state index in [4.69, 9.17) is 5.73 Å². The van der Waals surface area contributed by atoms with E-state index in [9.17, 15) is 8.78 Å². The summed E-state index contributed by atoms with van der Waals surface area (Å²) < 4.78 is 26.0. The molecule has 0 aromatic carbocycles. The van der Waals surface area contributed by atoms with Gasteiger partial charge in [-0.25, -0.2) is 8.78 Å². The highest BCUT2D eigenvalue weighted by molar-refractivity contribution is 5.06. The van der Waals surface area contributed by atoms with Crippen LogP contribution in [0.2, 0.25) is 0 Å². The zero-order chi connectivity index (χ0) is 10.7. The highest BCUT2D eigenvalue weighted by Gasteiger charge is 2.16. The summed E-state index contributed by atoms with van der Waals surface area (Å²) in [5.74, 6) is 0. The maximum atomic E-state index is 12.1. The molecule has 0 radical (unpaired) electrons. The first-order chi connectivity index (χ1) is 6.50.